The normalized spacial score (nSPS) is 11.8. The Kier molecular flexibility index (Phi) is 4.26. The second-order valence-electron chi connectivity index (χ2n) is 6.73. The minimum absolute atomic E-state index is 0.147. The maximum Gasteiger partial charge on any atom is 0.243 e. The van der Waals surface area contributed by atoms with Gasteiger partial charge in [-0.1, -0.05) is 20.8 Å². The van der Waals surface area contributed by atoms with Crippen molar-refractivity contribution in [3.05, 3.63) is 41.5 Å². The monoisotopic (exact) mass is 350 g/mol. The maximum atomic E-state index is 10.4. The largest absolute Gasteiger partial charge is 0.492 e. The summed E-state index contributed by atoms with van der Waals surface area (Å²) in [6, 6.07) is 5.54. The van der Waals surface area contributed by atoms with Gasteiger partial charge in [0.25, 0.3) is 0 Å². The molecule has 9 heteroatoms. The van der Waals surface area contributed by atoms with Crippen LogP contribution in [0.15, 0.2) is 34.8 Å². The van der Waals surface area contributed by atoms with Gasteiger partial charge < -0.3 is 5.11 Å². The van der Waals surface area contributed by atoms with Gasteiger partial charge in [-0.25, -0.2) is 0 Å². The number of aryl methyl sites for hydroxylation is 1. The summed E-state index contributed by atoms with van der Waals surface area (Å²) in [5.74, 6) is 0.0967. The molecule has 0 aliphatic heterocycles. The molecule has 0 saturated carbocycles. The third-order valence-corrected chi connectivity index (χ3v) is 3.73. The molecule has 3 aromatic heterocycles. The standard InChI is InChI=1S/C17H18N8O/c1-10-13(16(26)25(24-10)11-5-7-19-8-6-11)20-22-15-12(9-18)14(21-23-15)17(2,3)4/h5-8,26H,1-4H3,(H,21,23)/b22-20+. The van der Waals surface area contributed by atoms with Crippen LogP contribution in [-0.2, 0) is 5.41 Å². The molecule has 0 atom stereocenters. The number of nitrogens with one attached hydrogen (secondary N) is 1. The van der Waals surface area contributed by atoms with Crippen molar-refractivity contribution < 1.29 is 5.11 Å². The fourth-order valence-corrected chi connectivity index (χ4v) is 2.44. The van der Waals surface area contributed by atoms with Crippen LogP contribution in [0.4, 0.5) is 11.5 Å². The Balaban J connectivity index is 2.00. The van der Waals surface area contributed by atoms with E-state index in [1.165, 1.54) is 4.68 Å². The first-order valence-corrected chi connectivity index (χ1v) is 7.92. The SMILES string of the molecule is Cc1nn(-c2ccncc2)c(O)c1/N=N/c1[nH]nc(C(C)(C)C)c1C#N. The summed E-state index contributed by atoms with van der Waals surface area (Å²) in [5.41, 5.74) is 2.01. The number of hydrogen-bond acceptors (Lipinski definition) is 7. The van der Waals surface area contributed by atoms with E-state index in [9.17, 15) is 10.4 Å². The molecule has 3 heterocycles. The topological polar surface area (TPSA) is 128 Å². The van der Waals surface area contributed by atoms with Crippen LogP contribution in [0.2, 0.25) is 0 Å². The highest BCUT2D eigenvalue weighted by atomic mass is 16.3. The van der Waals surface area contributed by atoms with Crippen molar-refractivity contribution in [2.24, 2.45) is 10.2 Å². The van der Waals surface area contributed by atoms with Crippen molar-refractivity contribution in [1.82, 2.24) is 25.0 Å². The number of rotatable bonds is 3. The van der Waals surface area contributed by atoms with Crippen LogP contribution < -0.4 is 0 Å². The molecule has 0 aliphatic rings. The summed E-state index contributed by atoms with van der Waals surface area (Å²) in [5, 5.41) is 39.2. The predicted octanol–water partition coefficient (Wildman–Crippen LogP) is 3.59. The van der Waals surface area contributed by atoms with Gasteiger partial charge in [0.2, 0.25) is 5.88 Å². The fraction of sp³-hybridized carbons (Fsp3) is 0.294. The molecule has 0 saturated heterocycles. The highest BCUT2D eigenvalue weighted by Gasteiger charge is 2.24. The van der Waals surface area contributed by atoms with Crippen molar-refractivity contribution in [2.75, 3.05) is 0 Å². The molecule has 3 aromatic rings. The molecule has 26 heavy (non-hydrogen) atoms. The van der Waals surface area contributed by atoms with E-state index in [1.807, 2.05) is 20.8 Å². The van der Waals surface area contributed by atoms with Gasteiger partial charge in [-0.15, -0.1) is 10.2 Å². The molecule has 3 rings (SSSR count). The number of pyridine rings is 1. The molecular weight excluding hydrogens is 332 g/mol. The lowest BCUT2D eigenvalue weighted by Gasteiger charge is -2.14. The number of nitriles is 1. The Hall–Kier alpha value is -3.54. The zero-order chi connectivity index (χ0) is 18.9. The second kappa shape index (κ2) is 6.40. The first-order chi connectivity index (χ1) is 12.3. The number of H-pyrrole nitrogens is 1. The molecule has 0 aliphatic carbocycles. The average molecular weight is 350 g/mol. The molecule has 0 aromatic carbocycles. The molecule has 0 fully saturated rings. The number of azo groups is 1. The smallest absolute Gasteiger partial charge is 0.243 e. The number of hydrogen-bond donors (Lipinski definition) is 2. The Morgan fingerprint density at radius 1 is 1.23 bits per heavy atom. The lowest BCUT2D eigenvalue weighted by Crippen LogP contribution is -2.13. The van der Waals surface area contributed by atoms with Crippen molar-refractivity contribution in [3.63, 3.8) is 0 Å². The summed E-state index contributed by atoms with van der Waals surface area (Å²) in [6.45, 7) is 7.59. The molecule has 0 spiro atoms. The Bertz CT molecular complexity index is 1000. The minimum atomic E-state index is -0.306. The van der Waals surface area contributed by atoms with Gasteiger partial charge >= 0.3 is 0 Å². The van der Waals surface area contributed by atoms with E-state index in [2.05, 4.69) is 36.6 Å². The average Bonchev–Trinajstić information content (AvgIpc) is 3.14. The van der Waals surface area contributed by atoms with E-state index >= 15 is 0 Å². The third kappa shape index (κ3) is 3.04. The molecule has 0 unspecified atom stereocenters. The van der Waals surface area contributed by atoms with E-state index in [-0.39, 0.29) is 22.8 Å². The quantitative estimate of drug-likeness (QED) is 0.697. The highest BCUT2D eigenvalue weighted by Crippen LogP contribution is 2.35. The van der Waals surface area contributed by atoms with Crippen molar-refractivity contribution in [1.29, 1.82) is 5.26 Å². The van der Waals surface area contributed by atoms with Gasteiger partial charge in [-0.3, -0.25) is 10.1 Å². The second-order valence-corrected chi connectivity index (χ2v) is 6.73. The molecule has 132 valence electrons. The van der Waals surface area contributed by atoms with Crippen molar-refractivity contribution >= 4 is 11.5 Å². The van der Waals surface area contributed by atoms with Crippen LogP contribution in [0.25, 0.3) is 5.69 Å². The molecule has 0 radical (unpaired) electrons. The molecular formula is C17H18N8O. The van der Waals surface area contributed by atoms with Gasteiger partial charge in [0.05, 0.1) is 17.1 Å². The summed E-state index contributed by atoms with van der Waals surface area (Å²) in [7, 11) is 0. The minimum Gasteiger partial charge on any atom is -0.492 e. The van der Waals surface area contributed by atoms with E-state index in [0.29, 0.717) is 22.6 Å². The van der Waals surface area contributed by atoms with Gasteiger partial charge in [0, 0.05) is 17.8 Å². The van der Waals surface area contributed by atoms with E-state index in [0.717, 1.165) is 0 Å². The molecule has 0 amide bonds. The summed E-state index contributed by atoms with van der Waals surface area (Å²) < 4.78 is 1.35. The molecule has 2 N–H and O–H groups in total. The fourth-order valence-electron chi connectivity index (χ4n) is 2.44. The van der Waals surface area contributed by atoms with Crippen LogP contribution in [0.5, 0.6) is 5.88 Å². The van der Waals surface area contributed by atoms with Crippen LogP contribution in [0, 0.1) is 18.3 Å². The lowest BCUT2D eigenvalue weighted by atomic mass is 9.90. The van der Waals surface area contributed by atoms with E-state index in [4.69, 9.17) is 0 Å². The van der Waals surface area contributed by atoms with Gasteiger partial charge in [0.1, 0.15) is 11.6 Å². The summed E-state index contributed by atoms with van der Waals surface area (Å²) >= 11 is 0. The summed E-state index contributed by atoms with van der Waals surface area (Å²) in [6.07, 6.45) is 3.20. The van der Waals surface area contributed by atoms with E-state index in [1.54, 1.807) is 31.5 Å². The van der Waals surface area contributed by atoms with Crippen molar-refractivity contribution in [3.8, 4) is 17.6 Å². The summed E-state index contributed by atoms with van der Waals surface area (Å²) in [4.78, 5) is 3.94. The van der Waals surface area contributed by atoms with Gasteiger partial charge in [-0.2, -0.15) is 20.1 Å². The van der Waals surface area contributed by atoms with Crippen LogP contribution >= 0.6 is 0 Å². The number of nitrogens with zero attached hydrogens (tertiary/aromatic N) is 7. The predicted molar refractivity (Wildman–Crippen MR) is 93.9 cm³/mol. The number of aromatic hydroxyl groups is 1. The van der Waals surface area contributed by atoms with Crippen molar-refractivity contribution in [2.45, 2.75) is 33.1 Å². The highest BCUT2D eigenvalue weighted by molar-refractivity contribution is 5.56. The zero-order valence-corrected chi connectivity index (χ0v) is 14.9. The Morgan fingerprint density at radius 3 is 2.54 bits per heavy atom. The number of aromatic amines is 1. The van der Waals surface area contributed by atoms with Crippen LogP contribution in [0.3, 0.4) is 0 Å². The van der Waals surface area contributed by atoms with Crippen LogP contribution in [-0.4, -0.2) is 30.1 Å². The Morgan fingerprint density at radius 2 is 1.92 bits per heavy atom. The first kappa shape index (κ1) is 17.3. The van der Waals surface area contributed by atoms with Gasteiger partial charge in [-0.05, 0) is 19.1 Å². The molecule has 9 nitrogen and oxygen atoms in total. The van der Waals surface area contributed by atoms with E-state index < -0.39 is 0 Å². The molecule has 0 bridgehead atoms. The van der Waals surface area contributed by atoms with Crippen LogP contribution in [0.1, 0.15) is 37.7 Å². The Labute approximate surface area is 150 Å². The lowest BCUT2D eigenvalue weighted by molar-refractivity contribution is 0.434. The van der Waals surface area contributed by atoms with Gasteiger partial charge in [0.15, 0.2) is 11.5 Å². The third-order valence-electron chi connectivity index (χ3n) is 3.73. The number of aromatic nitrogens is 5. The maximum absolute atomic E-state index is 10.4. The first-order valence-electron chi connectivity index (χ1n) is 7.92. The zero-order valence-electron chi connectivity index (χ0n) is 14.9.